The van der Waals surface area contributed by atoms with E-state index in [0.717, 1.165) is 56.1 Å². The fourth-order valence-electron chi connectivity index (χ4n) is 4.76. The van der Waals surface area contributed by atoms with E-state index in [1.54, 1.807) is 12.4 Å². The summed E-state index contributed by atoms with van der Waals surface area (Å²) in [6, 6.07) is 6.09. The number of pyridine rings is 1. The largest absolute Gasteiger partial charge is 0.352 e. The molecular formula is C22H29N7O2S. The average Bonchev–Trinajstić information content (AvgIpc) is 2.72. The van der Waals surface area contributed by atoms with Gasteiger partial charge in [0.05, 0.1) is 23.8 Å². The highest BCUT2D eigenvalue weighted by molar-refractivity contribution is 7.90. The van der Waals surface area contributed by atoms with Gasteiger partial charge in [-0.05, 0) is 50.9 Å². The van der Waals surface area contributed by atoms with E-state index in [0.29, 0.717) is 12.4 Å². The lowest BCUT2D eigenvalue weighted by Crippen LogP contribution is -2.71. The number of hydrogen-bond donors (Lipinski definition) is 1. The smallest absolute Gasteiger partial charge is 0.229 e. The molecule has 10 heteroatoms. The molecule has 2 aromatic rings. The molecule has 4 heterocycles. The molecule has 170 valence electrons. The van der Waals surface area contributed by atoms with E-state index in [1.807, 2.05) is 25.3 Å². The van der Waals surface area contributed by atoms with Gasteiger partial charge < -0.3 is 10.2 Å². The van der Waals surface area contributed by atoms with E-state index in [1.165, 1.54) is 6.26 Å². The van der Waals surface area contributed by atoms with Gasteiger partial charge in [0.2, 0.25) is 5.95 Å². The fraction of sp³-hybridized carbons (Fsp3) is 0.545. The van der Waals surface area contributed by atoms with Crippen molar-refractivity contribution in [3.63, 3.8) is 0 Å². The third-order valence-corrected chi connectivity index (χ3v) is 7.46. The summed E-state index contributed by atoms with van der Waals surface area (Å²) in [5.74, 6) is 1.86. The van der Waals surface area contributed by atoms with Crippen molar-refractivity contribution < 1.29 is 8.42 Å². The number of rotatable bonds is 7. The zero-order chi connectivity index (χ0) is 22.8. The standard InChI is InChI=1S/C22H29N7O2S/c1-17-13-25-21(26-19-3-9-24-10-4-19)27-20(17)28-15-22(16-28,7-8-23)29-11-5-18(6-12-29)14-32(2,30)31/h3-4,9-10,13,18H,5-7,11-12,14-16H2,1-2H3,(H,24,25,26,27). The predicted octanol–water partition coefficient (Wildman–Crippen LogP) is 2.15. The van der Waals surface area contributed by atoms with Crippen molar-refractivity contribution in [3.8, 4) is 6.07 Å². The van der Waals surface area contributed by atoms with E-state index in [2.05, 4.69) is 31.2 Å². The van der Waals surface area contributed by atoms with Crippen LogP contribution in [0.1, 0.15) is 24.8 Å². The number of likely N-dealkylation sites (tertiary alicyclic amines) is 1. The maximum absolute atomic E-state index is 11.6. The van der Waals surface area contributed by atoms with Crippen LogP contribution in [0.3, 0.4) is 0 Å². The highest BCUT2D eigenvalue weighted by Crippen LogP contribution is 2.38. The Morgan fingerprint density at radius 3 is 2.56 bits per heavy atom. The van der Waals surface area contributed by atoms with E-state index in [9.17, 15) is 13.7 Å². The number of sulfone groups is 1. The summed E-state index contributed by atoms with van der Waals surface area (Å²) in [5.41, 5.74) is 1.65. The number of piperidine rings is 1. The number of aryl methyl sites for hydroxylation is 1. The van der Waals surface area contributed by atoms with E-state index in [4.69, 9.17) is 4.98 Å². The molecular weight excluding hydrogens is 426 g/mol. The molecule has 4 rings (SSSR count). The Kier molecular flexibility index (Phi) is 6.31. The summed E-state index contributed by atoms with van der Waals surface area (Å²) < 4.78 is 23.3. The molecule has 0 atom stereocenters. The topological polar surface area (TPSA) is 115 Å². The number of aromatic nitrogens is 3. The van der Waals surface area contributed by atoms with Crippen molar-refractivity contribution in [2.45, 2.75) is 31.7 Å². The third-order valence-electron chi connectivity index (χ3n) is 6.38. The number of nitrogens with one attached hydrogen (secondary N) is 1. The quantitative estimate of drug-likeness (QED) is 0.670. The highest BCUT2D eigenvalue weighted by Gasteiger charge is 2.49. The monoisotopic (exact) mass is 455 g/mol. The summed E-state index contributed by atoms with van der Waals surface area (Å²) in [6.45, 7) is 5.10. The first-order chi connectivity index (χ1) is 15.3. The molecule has 0 saturated carbocycles. The second-order valence-electron chi connectivity index (χ2n) is 9.00. The lowest BCUT2D eigenvalue weighted by molar-refractivity contribution is 0.0324. The van der Waals surface area contributed by atoms with Gasteiger partial charge in [-0.25, -0.2) is 13.4 Å². The van der Waals surface area contributed by atoms with Crippen molar-refractivity contribution in [2.24, 2.45) is 5.92 Å². The molecule has 2 aromatic heterocycles. The minimum Gasteiger partial charge on any atom is -0.352 e. The Morgan fingerprint density at radius 1 is 1.25 bits per heavy atom. The predicted molar refractivity (Wildman–Crippen MR) is 123 cm³/mol. The molecule has 0 aromatic carbocycles. The van der Waals surface area contributed by atoms with Crippen molar-refractivity contribution in [1.82, 2.24) is 19.9 Å². The van der Waals surface area contributed by atoms with Gasteiger partial charge in [0, 0.05) is 49.2 Å². The van der Waals surface area contributed by atoms with Gasteiger partial charge >= 0.3 is 0 Å². The Hall–Kier alpha value is -2.77. The van der Waals surface area contributed by atoms with Crippen molar-refractivity contribution >= 4 is 27.3 Å². The van der Waals surface area contributed by atoms with Crippen molar-refractivity contribution in [3.05, 3.63) is 36.3 Å². The van der Waals surface area contributed by atoms with Gasteiger partial charge in [-0.15, -0.1) is 0 Å². The van der Waals surface area contributed by atoms with Gasteiger partial charge in [0.1, 0.15) is 15.7 Å². The minimum atomic E-state index is -2.96. The molecule has 32 heavy (non-hydrogen) atoms. The summed E-state index contributed by atoms with van der Waals surface area (Å²) in [4.78, 5) is 17.7. The Labute approximate surface area is 189 Å². The molecule has 0 bridgehead atoms. The zero-order valence-electron chi connectivity index (χ0n) is 18.5. The molecule has 9 nitrogen and oxygen atoms in total. The number of nitriles is 1. The van der Waals surface area contributed by atoms with Crippen LogP contribution in [0.25, 0.3) is 0 Å². The second kappa shape index (κ2) is 9.00. The van der Waals surface area contributed by atoms with Crippen LogP contribution in [0, 0.1) is 24.2 Å². The lowest BCUT2D eigenvalue weighted by Gasteiger charge is -2.57. The van der Waals surface area contributed by atoms with Gasteiger partial charge in [-0.2, -0.15) is 10.2 Å². The maximum atomic E-state index is 11.6. The number of nitrogens with zero attached hydrogens (tertiary/aromatic N) is 6. The Balaban J connectivity index is 1.43. The maximum Gasteiger partial charge on any atom is 0.229 e. The zero-order valence-corrected chi connectivity index (χ0v) is 19.3. The SMILES string of the molecule is Cc1cnc(Nc2ccncc2)nc1N1CC(CC#N)(N2CCC(CS(C)(=O)=O)CC2)C1. The van der Waals surface area contributed by atoms with Crippen LogP contribution >= 0.6 is 0 Å². The second-order valence-corrected chi connectivity index (χ2v) is 11.2. The number of hydrogen-bond acceptors (Lipinski definition) is 9. The Morgan fingerprint density at radius 2 is 1.94 bits per heavy atom. The van der Waals surface area contributed by atoms with Crippen LogP contribution in [0.5, 0.6) is 0 Å². The first-order valence-electron chi connectivity index (χ1n) is 10.8. The lowest BCUT2D eigenvalue weighted by atomic mass is 9.82. The molecule has 1 N–H and O–H groups in total. The van der Waals surface area contributed by atoms with Gasteiger partial charge in [-0.1, -0.05) is 0 Å². The summed E-state index contributed by atoms with van der Waals surface area (Å²) >= 11 is 0. The molecule has 2 saturated heterocycles. The van der Waals surface area contributed by atoms with E-state index in [-0.39, 0.29) is 17.2 Å². The molecule has 2 fully saturated rings. The molecule has 2 aliphatic rings. The van der Waals surface area contributed by atoms with E-state index < -0.39 is 9.84 Å². The Bertz CT molecular complexity index is 1090. The van der Waals surface area contributed by atoms with Gasteiger partial charge in [-0.3, -0.25) is 9.88 Å². The summed E-state index contributed by atoms with van der Waals surface area (Å²) in [7, 11) is -2.96. The first-order valence-corrected chi connectivity index (χ1v) is 12.9. The molecule has 0 spiro atoms. The van der Waals surface area contributed by atoms with Crippen molar-refractivity contribution in [1.29, 1.82) is 5.26 Å². The van der Waals surface area contributed by atoms with E-state index >= 15 is 0 Å². The summed E-state index contributed by atoms with van der Waals surface area (Å²) in [5, 5.41) is 12.7. The van der Waals surface area contributed by atoms with Crippen LogP contribution in [0.4, 0.5) is 17.5 Å². The van der Waals surface area contributed by atoms with Crippen LogP contribution in [0.2, 0.25) is 0 Å². The average molecular weight is 456 g/mol. The van der Waals surface area contributed by atoms with Crippen molar-refractivity contribution in [2.75, 3.05) is 48.4 Å². The number of anilines is 3. The van der Waals surface area contributed by atoms with Crippen LogP contribution in [-0.4, -0.2) is 72.0 Å². The van der Waals surface area contributed by atoms with Gasteiger partial charge in [0.15, 0.2) is 0 Å². The molecule has 0 aliphatic carbocycles. The minimum absolute atomic E-state index is 0.207. The first kappa shape index (κ1) is 22.4. The van der Waals surface area contributed by atoms with Crippen LogP contribution in [-0.2, 0) is 9.84 Å². The normalized spacial score (nSPS) is 19.2. The van der Waals surface area contributed by atoms with Gasteiger partial charge in [0.25, 0.3) is 0 Å². The third kappa shape index (κ3) is 5.00. The molecule has 0 radical (unpaired) electrons. The molecule has 0 unspecified atom stereocenters. The molecule has 0 amide bonds. The fourth-order valence-corrected chi connectivity index (χ4v) is 5.95. The highest BCUT2D eigenvalue weighted by atomic mass is 32.2. The molecule has 2 aliphatic heterocycles. The van der Waals surface area contributed by atoms with Crippen LogP contribution in [0.15, 0.2) is 30.7 Å². The van der Waals surface area contributed by atoms with Crippen LogP contribution < -0.4 is 10.2 Å². The summed E-state index contributed by atoms with van der Waals surface area (Å²) in [6.07, 6.45) is 8.70.